The van der Waals surface area contributed by atoms with Gasteiger partial charge < -0.3 is 10.1 Å². The molecule has 5 nitrogen and oxygen atoms in total. The summed E-state index contributed by atoms with van der Waals surface area (Å²) in [6, 6.07) is 0. The van der Waals surface area contributed by atoms with Crippen molar-refractivity contribution in [2.45, 2.75) is 38.8 Å². The number of methoxy groups -OCH3 is 1. The standard InChI is InChI=1S/C10H19N3O2/c1-9(2,3)12-8-11-7(14)10(4,13-8)6-15-5/h6H2,1-5H3,(H2,11,12,13,14). The predicted octanol–water partition coefficient (Wildman–Crippen LogP) is 0.265. The van der Waals surface area contributed by atoms with E-state index < -0.39 is 5.54 Å². The maximum atomic E-state index is 11.6. The molecule has 1 aliphatic rings. The van der Waals surface area contributed by atoms with E-state index >= 15 is 0 Å². The number of hydrogen-bond acceptors (Lipinski definition) is 4. The number of hydrogen-bond donors (Lipinski definition) is 2. The summed E-state index contributed by atoms with van der Waals surface area (Å²) in [6.07, 6.45) is 0. The third-order valence-electron chi connectivity index (χ3n) is 2.00. The third-order valence-corrected chi connectivity index (χ3v) is 2.00. The second kappa shape index (κ2) is 3.81. The second-order valence-corrected chi connectivity index (χ2v) is 5.00. The van der Waals surface area contributed by atoms with Gasteiger partial charge in [-0.2, -0.15) is 0 Å². The van der Waals surface area contributed by atoms with E-state index in [2.05, 4.69) is 15.6 Å². The van der Waals surface area contributed by atoms with Crippen LogP contribution in [-0.2, 0) is 9.53 Å². The number of aliphatic imine (C=N–C) groups is 1. The molecule has 1 rings (SSSR count). The molecule has 2 N–H and O–H groups in total. The average molecular weight is 213 g/mol. The van der Waals surface area contributed by atoms with Gasteiger partial charge in [0, 0.05) is 12.6 Å². The molecule has 5 heteroatoms. The fourth-order valence-corrected chi connectivity index (χ4v) is 1.36. The normalized spacial score (nSPS) is 26.2. The van der Waals surface area contributed by atoms with Gasteiger partial charge in [0.1, 0.15) is 0 Å². The first-order valence-corrected chi connectivity index (χ1v) is 4.95. The fourth-order valence-electron chi connectivity index (χ4n) is 1.36. The zero-order valence-electron chi connectivity index (χ0n) is 9.97. The van der Waals surface area contributed by atoms with E-state index in [1.807, 2.05) is 20.8 Å². The van der Waals surface area contributed by atoms with Gasteiger partial charge in [0.05, 0.1) is 6.61 Å². The van der Waals surface area contributed by atoms with Crippen molar-refractivity contribution < 1.29 is 9.53 Å². The largest absolute Gasteiger partial charge is 0.382 e. The molecule has 15 heavy (non-hydrogen) atoms. The van der Waals surface area contributed by atoms with E-state index in [9.17, 15) is 4.79 Å². The van der Waals surface area contributed by atoms with Gasteiger partial charge in [-0.15, -0.1) is 0 Å². The lowest BCUT2D eigenvalue weighted by Crippen LogP contribution is -2.47. The summed E-state index contributed by atoms with van der Waals surface area (Å²) in [5.74, 6) is 0.392. The van der Waals surface area contributed by atoms with Crippen LogP contribution in [0.15, 0.2) is 4.99 Å². The number of guanidine groups is 1. The van der Waals surface area contributed by atoms with Crippen LogP contribution >= 0.6 is 0 Å². The molecule has 0 bridgehead atoms. The van der Waals surface area contributed by atoms with Gasteiger partial charge in [0.15, 0.2) is 11.5 Å². The van der Waals surface area contributed by atoms with Crippen LogP contribution in [0.5, 0.6) is 0 Å². The lowest BCUT2D eigenvalue weighted by Gasteiger charge is -2.21. The quantitative estimate of drug-likeness (QED) is 0.692. The Bertz CT molecular complexity index is 294. The number of amides is 1. The van der Waals surface area contributed by atoms with Crippen molar-refractivity contribution in [1.29, 1.82) is 0 Å². The monoisotopic (exact) mass is 213 g/mol. The molecule has 0 radical (unpaired) electrons. The minimum atomic E-state index is -0.803. The highest BCUT2D eigenvalue weighted by molar-refractivity contribution is 6.07. The van der Waals surface area contributed by atoms with Gasteiger partial charge in [-0.25, -0.2) is 4.99 Å². The molecule has 0 aromatic rings. The molecule has 1 unspecified atom stereocenters. The second-order valence-electron chi connectivity index (χ2n) is 5.00. The molecular weight excluding hydrogens is 194 g/mol. The lowest BCUT2D eigenvalue weighted by atomic mass is 10.1. The van der Waals surface area contributed by atoms with Crippen LogP contribution in [0.2, 0.25) is 0 Å². The number of ether oxygens (including phenoxy) is 1. The molecule has 0 spiro atoms. The van der Waals surface area contributed by atoms with E-state index in [1.54, 1.807) is 14.0 Å². The Hall–Kier alpha value is -1.10. The van der Waals surface area contributed by atoms with Crippen molar-refractivity contribution in [2.24, 2.45) is 4.99 Å². The lowest BCUT2D eigenvalue weighted by molar-refractivity contribution is -0.124. The molecule has 0 saturated heterocycles. The highest BCUT2D eigenvalue weighted by Crippen LogP contribution is 2.16. The van der Waals surface area contributed by atoms with Crippen molar-refractivity contribution in [2.75, 3.05) is 13.7 Å². The molecule has 1 amide bonds. The molecule has 86 valence electrons. The Kier molecular flexibility index (Phi) is 3.04. The smallest absolute Gasteiger partial charge is 0.256 e. The van der Waals surface area contributed by atoms with Gasteiger partial charge in [-0.3, -0.25) is 10.1 Å². The molecule has 1 atom stereocenters. The van der Waals surface area contributed by atoms with Crippen molar-refractivity contribution in [3.8, 4) is 0 Å². The summed E-state index contributed by atoms with van der Waals surface area (Å²) in [5.41, 5.74) is -0.924. The van der Waals surface area contributed by atoms with Crippen molar-refractivity contribution in [3.05, 3.63) is 0 Å². The van der Waals surface area contributed by atoms with Crippen LogP contribution in [-0.4, -0.2) is 36.7 Å². The molecule has 0 saturated carbocycles. The van der Waals surface area contributed by atoms with Crippen LogP contribution in [0.4, 0.5) is 0 Å². The minimum Gasteiger partial charge on any atom is -0.382 e. The summed E-state index contributed by atoms with van der Waals surface area (Å²) >= 11 is 0. The number of rotatable bonds is 2. The first kappa shape index (κ1) is 12.0. The minimum absolute atomic E-state index is 0.121. The zero-order chi connectivity index (χ0) is 11.7. The van der Waals surface area contributed by atoms with E-state index in [0.29, 0.717) is 5.96 Å². The molecule has 0 aromatic heterocycles. The van der Waals surface area contributed by atoms with E-state index in [4.69, 9.17) is 4.74 Å². The molecule has 0 fully saturated rings. The fraction of sp³-hybridized carbons (Fsp3) is 0.800. The van der Waals surface area contributed by atoms with Crippen LogP contribution in [0, 0.1) is 0 Å². The van der Waals surface area contributed by atoms with Gasteiger partial charge in [-0.05, 0) is 27.7 Å². The molecular formula is C10H19N3O2. The maximum Gasteiger partial charge on any atom is 0.256 e. The Morgan fingerprint density at radius 1 is 1.53 bits per heavy atom. The zero-order valence-corrected chi connectivity index (χ0v) is 9.97. The van der Waals surface area contributed by atoms with Crippen LogP contribution in [0.3, 0.4) is 0 Å². The number of nitrogens with one attached hydrogen (secondary N) is 2. The van der Waals surface area contributed by atoms with Gasteiger partial charge in [0.2, 0.25) is 0 Å². The summed E-state index contributed by atoms with van der Waals surface area (Å²) in [7, 11) is 1.56. The Balaban J connectivity index is 2.75. The van der Waals surface area contributed by atoms with Gasteiger partial charge in [-0.1, -0.05) is 0 Å². The molecule has 0 aromatic carbocycles. The summed E-state index contributed by atoms with van der Waals surface area (Å²) in [6.45, 7) is 8.06. The molecule has 0 aliphatic carbocycles. The number of nitrogens with zero attached hydrogens (tertiary/aromatic N) is 1. The van der Waals surface area contributed by atoms with Crippen LogP contribution < -0.4 is 10.6 Å². The van der Waals surface area contributed by atoms with Crippen molar-refractivity contribution >= 4 is 11.9 Å². The van der Waals surface area contributed by atoms with Crippen molar-refractivity contribution in [3.63, 3.8) is 0 Å². The summed E-state index contributed by atoms with van der Waals surface area (Å²) in [5, 5.41) is 5.83. The van der Waals surface area contributed by atoms with E-state index in [-0.39, 0.29) is 18.1 Å². The van der Waals surface area contributed by atoms with Crippen LogP contribution in [0.1, 0.15) is 27.7 Å². The molecule has 1 aliphatic heterocycles. The SMILES string of the molecule is COCC1(C)N=C(NC(C)(C)C)NC1=O. The molecule has 1 heterocycles. The highest BCUT2D eigenvalue weighted by atomic mass is 16.5. The van der Waals surface area contributed by atoms with Crippen LogP contribution in [0.25, 0.3) is 0 Å². The first-order chi connectivity index (χ1) is 6.77. The Morgan fingerprint density at radius 2 is 2.13 bits per heavy atom. The van der Waals surface area contributed by atoms with Crippen molar-refractivity contribution in [1.82, 2.24) is 10.6 Å². The highest BCUT2D eigenvalue weighted by Gasteiger charge is 2.39. The predicted molar refractivity (Wildman–Crippen MR) is 58.7 cm³/mol. The number of carbonyl (C=O) groups excluding carboxylic acids is 1. The first-order valence-electron chi connectivity index (χ1n) is 4.95. The summed E-state index contributed by atoms with van der Waals surface area (Å²) < 4.78 is 4.98. The van der Waals surface area contributed by atoms with E-state index in [0.717, 1.165) is 0 Å². The third kappa shape index (κ3) is 2.92. The summed E-state index contributed by atoms with van der Waals surface area (Å²) in [4.78, 5) is 15.9. The van der Waals surface area contributed by atoms with E-state index in [1.165, 1.54) is 0 Å². The maximum absolute atomic E-state index is 11.6. The topological polar surface area (TPSA) is 62.7 Å². The Labute approximate surface area is 90.3 Å². The Morgan fingerprint density at radius 3 is 2.60 bits per heavy atom. The number of carbonyl (C=O) groups is 1. The average Bonchev–Trinajstić information content (AvgIpc) is 2.23. The van der Waals surface area contributed by atoms with Gasteiger partial charge in [0.25, 0.3) is 5.91 Å². The van der Waals surface area contributed by atoms with Gasteiger partial charge >= 0.3 is 0 Å².